The zero-order chi connectivity index (χ0) is 12.3. The van der Waals surface area contributed by atoms with Gasteiger partial charge in [0, 0.05) is 24.3 Å². The van der Waals surface area contributed by atoms with E-state index in [2.05, 4.69) is 42.7 Å². The molecule has 2 rings (SSSR count). The van der Waals surface area contributed by atoms with E-state index >= 15 is 0 Å². The van der Waals surface area contributed by atoms with Crippen LogP contribution in [0.25, 0.3) is 0 Å². The first-order valence-electron chi connectivity index (χ1n) is 6.50. The molecule has 1 aromatic rings. The topological polar surface area (TPSA) is 29.3 Å². The highest BCUT2D eigenvalue weighted by Crippen LogP contribution is 2.35. The number of para-hydroxylation sites is 1. The fourth-order valence-electron chi connectivity index (χ4n) is 2.25. The van der Waals surface area contributed by atoms with E-state index in [0.717, 1.165) is 13.0 Å². The predicted molar refractivity (Wildman–Crippen MR) is 74.2 cm³/mol. The van der Waals surface area contributed by atoms with Gasteiger partial charge in [-0.2, -0.15) is 0 Å². The van der Waals surface area contributed by atoms with Gasteiger partial charge in [0.05, 0.1) is 0 Å². The molecule has 1 aliphatic carbocycles. The summed E-state index contributed by atoms with van der Waals surface area (Å²) in [5, 5.41) is 0. The zero-order valence-electron chi connectivity index (χ0n) is 10.6. The highest BCUT2D eigenvalue weighted by atomic mass is 15.2. The Labute approximate surface area is 104 Å². The van der Waals surface area contributed by atoms with Crippen LogP contribution in [0, 0.1) is 0 Å². The van der Waals surface area contributed by atoms with Crippen LogP contribution in [0.15, 0.2) is 36.9 Å². The van der Waals surface area contributed by atoms with Crippen molar-refractivity contribution in [3.63, 3.8) is 0 Å². The molecule has 1 fully saturated rings. The van der Waals surface area contributed by atoms with Gasteiger partial charge in [-0.1, -0.05) is 31.2 Å². The van der Waals surface area contributed by atoms with Crippen molar-refractivity contribution in [3.05, 3.63) is 42.5 Å². The lowest BCUT2D eigenvalue weighted by Gasteiger charge is -2.27. The maximum Gasteiger partial charge on any atom is 0.0419 e. The average molecular weight is 230 g/mol. The number of nitrogens with two attached hydrogens (primary N) is 1. The summed E-state index contributed by atoms with van der Waals surface area (Å²) in [6.45, 7) is 6.91. The Balaban J connectivity index is 2.31. The van der Waals surface area contributed by atoms with Crippen molar-refractivity contribution < 1.29 is 0 Å². The van der Waals surface area contributed by atoms with Crippen LogP contribution in [0.1, 0.15) is 37.8 Å². The van der Waals surface area contributed by atoms with E-state index in [0.29, 0.717) is 6.04 Å². The van der Waals surface area contributed by atoms with Crippen molar-refractivity contribution in [3.8, 4) is 0 Å². The molecule has 2 N–H and O–H groups in total. The molecular formula is C15H22N2. The summed E-state index contributed by atoms with van der Waals surface area (Å²) in [6.07, 6.45) is 5.54. The second-order valence-electron chi connectivity index (χ2n) is 4.75. The summed E-state index contributed by atoms with van der Waals surface area (Å²) in [5.41, 5.74) is 8.76. The van der Waals surface area contributed by atoms with Crippen LogP contribution < -0.4 is 10.6 Å². The number of benzene rings is 1. The minimum Gasteiger partial charge on any atom is -0.365 e. The Kier molecular flexibility index (Phi) is 3.85. The van der Waals surface area contributed by atoms with Crippen molar-refractivity contribution >= 4 is 5.69 Å². The molecule has 1 aliphatic rings. The lowest BCUT2D eigenvalue weighted by molar-refractivity contribution is 0.691. The average Bonchev–Trinajstić information content (AvgIpc) is 3.19. The van der Waals surface area contributed by atoms with Crippen LogP contribution in [-0.4, -0.2) is 12.6 Å². The van der Waals surface area contributed by atoms with Crippen molar-refractivity contribution in [1.29, 1.82) is 0 Å². The van der Waals surface area contributed by atoms with Crippen LogP contribution in [0.3, 0.4) is 0 Å². The van der Waals surface area contributed by atoms with Crippen LogP contribution in [0.5, 0.6) is 0 Å². The van der Waals surface area contributed by atoms with E-state index < -0.39 is 0 Å². The van der Waals surface area contributed by atoms with Crippen molar-refractivity contribution in [2.45, 2.75) is 38.3 Å². The first-order valence-corrected chi connectivity index (χ1v) is 6.50. The quantitative estimate of drug-likeness (QED) is 0.760. The fourth-order valence-corrected chi connectivity index (χ4v) is 2.25. The molecule has 2 nitrogen and oxygen atoms in total. The molecule has 0 aliphatic heterocycles. The highest BCUT2D eigenvalue weighted by Gasteiger charge is 2.30. The number of hydrogen-bond donors (Lipinski definition) is 1. The third-order valence-corrected chi connectivity index (χ3v) is 3.40. The van der Waals surface area contributed by atoms with Crippen molar-refractivity contribution in [2.75, 3.05) is 11.4 Å². The Hall–Kier alpha value is -1.28. The summed E-state index contributed by atoms with van der Waals surface area (Å²) in [7, 11) is 0. The van der Waals surface area contributed by atoms with Crippen molar-refractivity contribution in [2.24, 2.45) is 5.73 Å². The predicted octanol–water partition coefficient (Wildman–Crippen LogP) is 3.25. The molecule has 0 radical (unpaired) electrons. The highest BCUT2D eigenvalue weighted by molar-refractivity contribution is 5.57. The van der Waals surface area contributed by atoms with Gasteiger partial charge in [-0.25, -0.2) is 0 Å². The third kappa shape index (κ3) is 2.70. The van der Waals surface area contributed by atoms with Gasteiger partial charge >= 0.3 is 0 Å². The minimum atomic E-state index is 0.136. The van der Waals surface area contributed by atoms with E-state index in [1.165, 1.54) is 24.1 Å². The summed E-state index contributed by atoms with van der Waals surface area (Å²) in [6, 6.07) is 9.34. The standard InChI is InChI=1S/C15H22N2/c1-3-11-17(12-9-10-12)15-8-6-5-7-13(15)14(16)4-2/h3,5-8,12,14H,1,4,9-11,16H2,2H3/t14-/m0/s1. The second kappa shape index (κ2) is 5.37. The molecule has 1 atom stereocenters. The molecule has 0 spiro atoms. The molecule has 0 aromatic heterocycles. The van der Waals surface area contributed by atoms with Gasteiger partial charge in [-0.3, -0.25) is 0 Å². The molecule has 1 saturated carbocycles. The summed E-state index contributed by atoms with van der Waals surface area (Å²) >= 11 is 0. The smallest absolute Gasteiger partial charge is 0.0419 e. The van der Waals surface area contributed by atoms with Gasteiger partial charge < -0.3 is 10.6 Å². The Morgan fingerprint density at radius 2 is 2.18 bits per heavy atom. The van der Waals surface area contributed by atoms with E-state index in [9.17, 15) is 0 Å². The molecule has 0 heterocycles. The summed E-state index contributed by atoms with van der Waals surface area (Å²) < 4.78 is 0. The molecule has 0 amide bonds. The Bertz CT molecular complexity index is 382. The largest absolute Gasteiger partial charge is 0.365 e. The maximum absolute atomic E-state index is 6.20. The Morgan fingerprint density at radius 3 is 2.76 bits per heavy atom. The van der Waals surface area contributed by atoms with Gasteiger partial charge in [-0.15, -0.1) is 6.58 Å². The Morgan fingerprint density at radius 1 is 1.47 bits per heavy atom. The van der Waals surface area contributed by atoms with Gasteiger partial charge in [-0.05, 0) is 30.9 Å². The third-order valence-electron chi connectivity index (χ3n) is 3.40. The summed E-state index contributed by atoms with van der Waals surface area (Å²) in [5.74, 6) is 0. The first-order chi connectivity index (χ1) is 8.27. The maximum atomic E-state index is 6.20. The molecule has 0 saturated heterocycles. The second-order valence-corrected chi connectivity index (χ2v) is 4.75. The minimum absolute atomic E-state index is 0.136. The summed E-state index contributed by atoms with van der Waals surface area (Å²) in [4.78, 5) is 2.44. The molecule has 0 unspecified atom stereocenters. The van der Waals surface area contributed by atoms with Crippen LogP contribution >= 0.6 is 0 Å². The first kappa shape index (κ1) is 12.2. The number of anilines is 1. The number of rotatable bonds is 6. The molecule has 2 heteroatoms. The number of nitrogens with zero attached hydrogens (tertiary/aromatic N) is 1. The zero-order valence-corrected chi connectivity index (χ0v) is 10.6. The monoisotopic (exact) mass is 230 g/mol. The van der Waals surface area contributed by atoms with E-state index in [1.807, 2.05) is 6.08 Å². The van der Waals surface area contributed by atoms with Gasteiger partial charge in [0.2, 0.25) is 0 Å². The lowest BCUT2D eigenvalue weighted by atomic mass is 10.0. The normalized spacial score (nSPS) is 16.6. The van der Waals surface area contributed by atoms with E-state index in [-0.39, 0.29) is 6.04 Å². The van der Waals surface area contributed by atoms with Gasteiger partial charge in [0.1, 0.15) is 0 Å². The van der Waals surface area contributed by atoms with E-state index in [4.69, 9.17) is 5.73 Å². The van der Waals surface area contributed by atoms with Gasteiger partial charge in [0.25, 0.3) is 0 Å². The fraction of sp³-hybridized carbons (Fsp3) is 0.467. The number of hydrogen-bond acceptors (Lipinski definition) is 2. The molecular weight excluding hydrogens is 208 g/mol. The van der Waals surface area contributed by atoms with Gasteiger partial charge in [0.15, 0.2) is 0 Å². The van der Waals surface area contributed by atoms with Crippen molar-refractivity contribution in [1.82, 2.24) is 0 Å². The molecule has 92 valence electrons. The van der Waals surface area contributed by atoms with E-state index in [1.54, 1.807) is 0 Å². The SMILES string of the molecule is C=CCN(c1ccccc1[C@@H](N)CC)C1CC1. The van der Waals surface area contributed by atoms with Crippen LogP contribution in [0.2, 0.25) is 0 Å². The lowest BCUT2D eigenvalue weighted by Crippen LogP contribution is -2.28. The molecule has 0 bridgehead atoms. The molecule has 17 heavy (non-hydrogen) atoms. The van der Waals surface area contributed by atoms with Crippen LogP contribution in [-0.2, 0) is 0 Å². The molecule has 1 aromatic carbocycles. The van der Waals surface area contributed by atoms with Crippen LogP contribution in [0.4, 0.5) is 5.69 Å².